The summed E-state index contributed by atoms with van der Waals surface area (Å²) in [7, 11) is 0. The number of fused-ring (bicyclic) bond motifs is 1. The SMILES string of the molecule is Cc1ccc2c(n1)CCCCN2C(=O)OC(C)C. The monoisotopic (exact) mass is 248 g/mol. The van der Waals surface area contributed by atoms with Crippen molar-refractivity contribution in [3.63, 3.8) is 0 Å². The average Bonchev–Trinajstić information content (AvgIpc) is 2.49. The second kappa shape index (κ2) is 5.38. The van der Waals surface area contributed by atoms with Crippen molar-refractivity contribution in [3.05, 3.63) is 23.5 Å². The molecule has 0 spiro atoms. The molecule has 0 fully saturated rings. The topological polar surface area (TPSA) is 42.4 Å². The van der Waals surface area contributed by atoms with E-state index in [9.17, 15) is 4.79 Å². The highest BCUT2D eigenvalue weighted by Gasteiger charge is 2.23. The van der Waals surface area contributed by atoms with Gasteiger partial charge in [0.25, 0.3) is 0 Å². The maximum atomic E-state index is 12.1. The van der Waals surface area contributed by atoms with Gasteiger partial charge in [0.05, 0.1) is 17.5 Å². The van der Waals surface area contributed by atoms with Gasteiger partial charge in [-0.2, -0.15) is 0 Å². The number of pyridine rings is 1. The maximum Gasteiger partial charge on any atom is 0.414 e. The smallest absolute Gasteiger partial charge is 0.414 e. The van der Waals surface area contributed by atoms with Gasteiger partial charge in [0.15, 0.2) is 0 Å². The quantitative estimate of drug-likeness (QED) is 0.767. The Bertz CT molecular complexity index is 443. The molecule has 0 N–H and O–H groups in total. The summed E-state index contributed by atoms with van der Waals surface area (Å²) in [6.45, 7) is 6.42. The molecule has 98 valence electrons. The van der Waals surface area contributed by atoms with Gasteiger partial charge in [0, 0.05) is 12.2 Å². The first-order valence-corrected chi connectivity index (χ1v) is 6.52. The molecular formula is C14H20N2O2. The highest BCUT2D eigenvalue weighted by atomic mass is 16.6. The molecule has 2 rings (SSSR count). The van der Waals surface area contributed by atoms with Crippen molar-refractivity contribution in [1.82, 2.24) is 4.98 Å². The lowest BCUT2D eigenvalue weighted by Gasteiger charge is -2.23. The van der Waals surface area contributed by atoms with E-state index in [0.29, 0.717) is 6.54 Å². The zero-order chi connectivity index (χ0) is 13.1. The molecule has 1 aliphatic heterocycles. The predicted octanol–water partition coefficient (Wildman–Crippen LogP) is 3.08. The molecule has 0 bridgehead atoms. The molecule has 1 amide bonds. The van der Waals surface area contributed by atoms with Crippen LogP contribution in [0, 0.1) is 6.92 Å². The molecule has 4 heteroatoms. The van der Waals surface area contributed by atoms with Crippen molar-refractivity contribution in [2.75, 3.05) is 11.4 Å². The molecule has 0 radical (unpaired) electrons. The minimum absolute atomic E-state index is 0.0948. The first kappa shape index (κ1) is 12.9. The van der Waals surface area contributed by atoms with Gasteiger partial charge >= 0.3 is 6.09 Å². The highest BCUT2D eigenvalue weighted by Crippen LogP contribution is 2.26. The van der Waals surface area contributed by atoms with E-state index in [4.69, 9.17) is 4.74 Å². The Balaban J connectivity index is 2.29. The van der Waals surface area contributed by atoms with Crippen LogP contribution in [0.25, 0.3) is 0 Å². The zero-order valence-electron chi connectivity index (χ0n) is 11.3. The number of anilines is 1. The standard InChI is InChI=1S/C14H20N2O2/c1-10(2)18-14(17)16-9-5-4-6-12-13(16)8-7-11(3)15-12/h7-8,10H,4-6,9H2,1-3H3. The van der Waals surface area contributed by atoms with Crippen LogP contribution in [0.4, 0.5) is 10.5 Å². The van der Waals surface area contributed by atoms with Gasteiger partial charge in [-0.3, -0.25) is 9.88 Å². The van der Waals surface area contributed by atoms with Crippen LogP contribution in [0.3, 0.4) is 0 Å². The van der Waals surface area contributed by atoms with Gasteiger partial charge in [-0.15, -0.1) is 0 Å². The molecule has 18 heavy (non-hydrogen) atoms. The number of hydrogen-bond donors (Lipinski definition) is 0. The van der Waals surface area contributed by atoms with Gasteiger partial charge in [0.2, 0.25) is 0 Å². The number of ether oxygens (including phenoxy) is 1. The fourth-order valence-electron chi connectivity index (χ4n) is 2.17. The van der Waals surface area contributed by atoms with E-state index in [1.54, 1.807) is 4.90 Å². The van der Waals surface area contributed by atoms with Gasteiger partial charge in [-0.05, 0) is 52.2 Å². The Morgan fingerprint density at radius 1 is 1.39 bits per heavy atom. The molecule has 0 unspecified atom stereocenters. The number of rotatable bonds is 1. The van der Waals surface area contributed by atoms with Crippen LogP contribution in [0.2, 0.25) is 0 Å². The molecule has 2 heterocycles. The number of amides is 1. The summed E-state index contributed by atoms with van der Waals surface area (Å²) in [5.41, 5.74) is 2.91. The predicted molar refractivity (Wildman–Crippen MR) is 70.9 cm³/mol. The Morgan fingerprint density at radius 3 is 2.89 bits per heavy atom. The summed E-state index contributed by atoms with van der Waals surface area (Å²) >= 11 is 0. The fraction of sp³-hybridized carbons (Fsp3) is 0.571. The van der Waals surface area contributed by atoms with E-state index in [-0.39, 0.29) is 12.2 Å². The largest absolute Gasteiger partial charge is 0.446 e. The van der Waals surface area contributed by atoms with Crippen molar-refractivity contribution in [2.45, 2.75) is 46.1 Å². The number of nitrogens with zero attached hydrogens (tertiary/aromatic N) is 2. The lowest BCUT2D eigenvalue weighted by Crippen LogP contribution is -2.34. The van der Waals surface area contributed by atoms with Crippen LogP contribution in [-0.4, -0.2) is 23.7 Å². The lowest BCUT2D eigenvalue weighted by atomic mass is 10.2. The van der Waals surface area contributed by atoms with Gasteiger partial charge < -0.3 is 4.74 Å². The molecule has 4 nitrogen and oxygen atoms in total. The first-order chi connectivity index (χ1) is 8.58. The molecular weight excluding hydrogens is 228 g/mol. The summed E-state index contributed by atoms with van der Waals surface area (Å²) in [4.78, 5) is 18.3. The number of aryl methyl sites for hydroxylation is 2. The van der Waals surface area contributed by atoms with E-state index < -0.39 is 0 Å². The zero-order valence-corrected chi connectivity index (χ0v) is 11.3. The normalized spacial score (nSPS) is 15.2. The van der Waals surface area contributed by atoms with Gasteiger partial charge in [-0.25, -0.2) is 4.79 Å². The Hall–Kier alpha value is -1.58. The molecule has 0 saturated heterocycles. The summed E-state index contributed by atoms with van der Waals surface area (Å²) in [5, 5.41) is 0. The second-order valence-electron chi connectivity index (χ2n) is 4.96. The van der Waals surface area contributed by atoms with E-state index in [2.05, 4.69) is 4.98 Å². The molecule has 0 aromatic carbocycles. The minimum Gasteiger partial charge on any atom is -0.446 e. The molecule has 0 aliphatic carbocycles. The number of aromatic nitrogens is 1. The summed E-state index contributed by atoms with van der Waals surface area (Å²) in [6, 6.07) is 3.92. The third-order valence-corrected chi connectivity index (χ3v) is 2.98. The molecule has 1 aromatic rings. The molecule has 1 aromatic heterocycles. The van der Waals surface area contributed by atoms with Crippen LogP contribution in [0.1, 0.15) is 38.1 Å². The third kappa shape index (κ3) is 2.81. The third-order valence-electron chi connectivity index (χ3n) is 2.98. The number of carbonyl (C=O) groups excluding carboxylic acids is 1. The summed E-state index contributed by atoms with van der Waals surface area (Å²) in [5.74, 6) is 0. The Kier molecular flexibility index (Phi) is 3.84. The van der Waals surface area contributed by atoms with E-state index in [0.717, 1.165) is 36.3 Å². The van der Waals surface area contributed by atoms with E-state index in [1.165, 1.54) is 0 Å². The first-order valence-electron chi connectivity index (χ1n) is 6.52. The van der Waals surface area contributed by atoms with Crippen molar-refractivity contribution in [1.29, 1.82) is 0 Å². The number of carbonyl (C=O) groups is 1. The van der Waals surface area contributed by atoms with Crippen molar-refractivity contribution in [3.8, 4) is 0 Å². The Morgan fingerprint density at radius 2 is 2.17 bits per heavy atom. The molecule has 0 atom stereocenters. The van der Waals surface area contributed by atoms with Crippen LogP contribution >= 0.6 is 0 Å². The van der Waals surface area contributed by atoms with E-state index >= 15 is 0 Å². The van der Waals surface area contributed by atoms with Crippen LogP contribution in [-0.2, 0) is 11.2 Å². The second-order valence-corrected chi connectivity index (χ2v) is 4.96. The summed E-state index contributed by atoms with van der Waals surface area (Å²) < 4.78 is 5.29. The average molecular weight is 248 g/mol. The van der Waals surface area contributed by atoms with Crippen molar-refractivity contribution < 1.29 is 9.53 Å². The van der Waals surface area contributed by atoms with Gasteiger partial charge in [-0.1, -0.05) is 0 Å². The highest BCUT2D eigenvalue weighted by molar-refractivity contribution is 5.88. The maximum absolute atomic E-state index is 12.1. The van der Waals surface area contributed by atoms with Crippen LogP contribution in [0.15, 0.2) is 12.1 Å². The molecule has 1 aliphatic rings. The lowest BCUT2D eigenvalue weighted by molar-refractivity contribution is 0.122. The van der Waals surface area contributed by atoms with Crippen LogP contribution in [0.5, 0.6) is 0 Å². The number of hydrogen-bond acceptors (Lipinski definition) is 3. The van der Waals surface area contributed by atoms with Crippen molar-refractivity contribution >= 4 is 11.8 Å². The summed E-state index contributed by atoms with van der Waals surface area (Å²) in [6.07, 6.45) is 2.63. The molecule has 0 saturated carbocycles. The fourth-order valence-corrected chi connectivity index (χ4v) is 2.17. The van der Waals surface area contributed by atoms with E-state index in [1.807, 2.05) is 32.9 Å². The Labute approximate surface area is 108 Å². The van der Waals surface area contributed by atoms with Crippen LogP contribution < -0.4 is 4.90 Å². The van der Waals surface area contributed by atoms with Crippen molar-refractivity contribution in [2.24, 2.45) is 0 Å². The minimum atomic E-state index is -0.265. The van der Waals surface area contributed by atoms with Gasteiger partial charge in [0.1, 0.15) is 0 Å².